The second-order valence-corrected chi connectivity index (χ2v) is 7.74. The molecule has 2 atom stereocenters. The summed E-state index contributed by atoms with van der Waals surface area (Å²) in [4.78, 5) is 16.8. The Balaban J connectivity index is 1.34. The lowest BCUT2D eigenvalue weighted by atomic mass is 9.98. The third-order valence-corrected chi connectivity index (χ3v) is 5.92. The van der Waals surface area contributed by atoms with E-state index in [2.05, 4.69) is 42.9 Å². The van der Waals surface area contributed by atoms with E-state index in [1.807, 2.05) is 15.9 Å². The number of nitrogens with one attached hydrogen (secondary N) is 2. The van der Waals surface area contributed by atoms with Gasteiger partial charge in [-0.25, -0.2) is 15.2 Å². The van der Waals surface area contributed by atoms with Gasteiger partial charge < -0.3 is 9.80 Å². The molecule has 2 aromatic carbocycles. The number of nitrogens with zero attached hydrogens (tertiary/aromatic N) is 2. The number of halogens is 1. The molecule has 0 aliphatic carbocycles. The van der Waals surface area contributed by atoms with Crippen LogP contribution >= 0.6 is 0 Å². The highest BCUT2D eigenvalue weighted by atomic mass is 19.1. The van der Waals surface area contributed by atoms with Crippen molar-refractivity contribution in [3.8, 4) is 0 Å². The van der Waals surface area contributed by atoms with Crippen LogP contribution in [0, 0.1) is 19.7 Å². The number of piperazine rings is 1. The van der Waals surface area contributed by atoms with E-state index in [1.54, 1.807) is 12.1 Å². The van der Waals surface area contributed by atoms with Gasteiger partial charge in [0.05, 0.1) is 5.69 Å². The van der Waals surface area contributed by atoms with Gasteiger partial charge in [-0.2, -0.15) is 0 Å². The van der Waals surface area contributed by atoms with Crippen molar-refractivity contribution < 1.29 is 9.18 Å². The summed E-state index contributed by atoms with van der Waals surface area (Å²) >= 11 is 0. The molecule has 0 saturated carbocycles. The topological polar surface area (TPSA) is 47.6 Å². The Labute approximate surface area is 165 Å². The van der Waals surface area contributed by atoms with Gasteiger partial charge in [-0.15, -0.1) is 0 Å². The van der Waals surface area contributed by atoms with Gasteiger partial charge in [0, 0.05) is 32.2 Å². The number of rotatable bonds is 3. The molecule has 5 nitrogen and oxygen atoms in total. The van der Waals surface area contributed by atoms with E-state index >= 15 is 0 Å². The van der Waals surface area contributed by atoms with Crippen molar-refractivity contribution >= 4 is 11.6 Å². The highest BCUT2D eigenvalue weighted by molar-refractivity contribution is 5.82. The maximum absolute atomic E-state index is 14.0. The van der Waals surface area contributed by atoms with Gasteiger partial charge >= 0.3 is 0 Å². The fraction of sp³-hybridized carbons (Fsp3) is 0.409. The second kappa shape index (κ2) is 7.89. The summed E-state index contributed by atoms with van der Waals surface area (Å²) < 4.78 is 14.0. The number of hydrogen-bond acceptors (Lipinski definition) is 4. The number of amides is 1. The lowest BCUT2D eigenvalue weighted by Crippen LogP contribution is -2.53. The first-order valence-electron chi connectivity index (χ1n) is 9.89. The summed E-state index contributed by atoms with van der Waals surface area (Å²) in [5, 5.41) is 0. The largest absolute Gasteiger partial charge is 0.366 e. The molecule has 2 saturated heterocycles. The van der Waals surface area contributed by atoms with Crippen LogP contribution < -0.4 is 15.8 Å². The van der Waals surface area contributed by atoms with E-state index in [-0.39, 0.29) is 23.8 Å². The molecule has 1 amide bonds. The Morgan fingerprint density at radius 2 is 1.75 bits per heavy atom. The predicted octanol–water partition coefficient (Wildman–Crippen LogP) is 2.70. The summed E-state index contributed by atoms with van der Waals surface area (Å²) in [7, 11) is 0. The number of aryl methyl sites for hydroxylation is 2. The number of carbonyl (C=O) groups is 1. The van der Waals surface area contributed by atoms with Gasteiger partial charge in [0.1, 0.15) is 11.9 Å². The smallest absolute Gasteiger partial charge is 0.241 e. The standard InChI is InChI=1S/C22H27FN4O/c1-15-7-8-17(13-16(15)2)19-14-20(25-24-19)22(28)27-11-9-26(10-12-27)21-6-4-3-5-18(21)23/h3-8,13,19-20,24-25H,9-12,14H2,1-2H3. The summed E-state index contributed by atoms with van der Waals surface area (Å²) in [5.74, 6) is -0.0906. The van der Waals surface area contributed by atoms with Gasteiger partial charge in [0.15, 0.2) is 0 Å². The summed E-state index contributed by atoms with van der Waals surface area (Å²) in [5.41, 5.74) is 10.8. The first kappa shape index (κ1) is 18.9. The number of carbonyl (C=O) groups excluding carboxylic acids is 1. The Bertz CT molecular complexity index is 863. The molecule has 2 aromatic rings. The zero-order chi connectivity index (χ0) is 19.7. The first-order chi connectivity index (χ1) is 13.5. The van der Waals surface area contributed by atoms with Gasteiger partial charge in [0.2, 0.25) is 5.91 Å². The lowest BCUT2D eigenvalue weighted by Gasteiger charge is -2.37. The van der Waals surface area contributed by atoms with Gasteiger partial charge in [-0.05, 0) is 49.1 Å². The van der Waals surface area contributed by atoms with Crippen LogP contribution in [-0.4, -0.2) is 43.0 Å². The molecular weight excluding hydrogens is 355 g/mol. The molecule has 0 aromatic heterocycles. The molecular formula is C22H27FN4O. The van der Waals surface area contributed by atoms with Gasteiger partial charge in [0.25, 0.3) is 0 Å². The van der Waals surface area contributed by atoms with E-state index in [0.29, 0.717) is 31.9 Å². The van der Waals surface area contributed by atoms with E-state index in [9.17, 15) is 9.18 Å². The SMILES string of the molecule is Cc1ccc(C2CC(C(=O)N3CCN(c4ccccc4F)CC3)NN2)cc1C. The van der Waals surface area contributed by atoms with Gasteiger partial charge in [-0.3, -0.25) is 4.79 Å². The summed E-state index contributed by atoms with van der Waals surface area (Å²) in [6.45, 7) is 6.73. The third-order valence-electron chi connectivity index (χ3n) is 5.92. The summed E-state index contributed by atoms with van der Waals surface area (Å²) in [6, 6.07) is 13.2. The zero-order valence-corrected chi connectivity index (χ0v) is 16.4. The molecule has 6 heteroatoms. The fourth-order valence-electron chi connectivity index (χ4n) is 4.01. The monoisotopic (exact) mass is 382 g/mol. The summed E-state index contributed by atoms with van der Waals surface area (Å²) in [6.07, 6.45) is 0.731. The molecule has 2 unspecified atom stereocenters. The number of para-hydroxylation sites is 1. The maximum atomic E-state index is 14.0. The van der Waals surface area contributed by atoms with Crippen LogP contribution in [0.15, 0.2) is 42.5 Å². The molecule has 148 valence electrons. The molecule has 0 bridgehead atoms. The third kappa shape index (κ3) is 3.75. The molecule has 2 aliphatic heterocycles. The van der Waals surface area contributed by atoms with Crippen LogP contribution in [0.1, 0.15) is 29.2 Å². The van der Waals surface area contributed by atoms with Crippen molar-refractivity contribution in [3.05, 3.63) is 65.0 Å². The minimum absolute atomic E-state index is 0.118. The maximum Gasteiger partial charge on any atom is 0.241 e. The van der Waals surface area contributed by atoms with Crippen molar-refractivity contribution in [1.82, 2.24) is 15.8 Å². The Morgan fingerprint density at radius 1 is 1.00 bits per heavy atom. The molecule has 4 rings (SSSR count). The minimum atomic E-state index is -0.230. The Morgan fingerprint density at radius 3 is 2.46 bits per heavy atom. The predicted molar refractivity (Wildman–Crippen MR) is 109 cm³/mol. The number of hydrazine groups is 1. The highest BCUT2D eigenvalue weighted by Gasteiger charge is 2.34. The molecule has 0 spiro atoms. The lowest BCUT2D eigenvalue weighted by molar-refractivity contribution is -0.133. The Hall–Kier alpha value is -2.44. The molecule has 2 fully saturated rings. The van der Waals surface area contributed by atoms with Crippen molar-refractivity contribution in [1.29, 1.82) is 0 Å². The van der Waals surface area contributed by atoms with Crippen LogP contribution in [0.4, 0.5) is 10.1 Å². The zero-order valence-electron chi connectivity index (χ0n) is 16.4. The normalized spacial score (nSPS) is 22.5. The molecule has 2 N–H and O–H groups in total. The molecule has 2 aliphatic rings. The molecule has 0 radical (unpaired) electrons. The number of anilines is 1. The van der Waals surface area contributed by atoms with E-state index in [0.717, 1.165) is 6.42 Å². The van der Waals surface area contributed by atoms with E-state index in [4.69, 9.17) is 0 Å². The van der Waals surface area contributed by atoms with Crippen LogP contribution in [-0.2, 0) is 4.79 Å². The van der Waals surface area contributed by atoms with Crippen LogP contribution in [0.5, 0.6) is 0 Å². The van der Waals surface area contributed by atoms with Crippen LogP contribution in [0.3, 0.4) is 0 Å². The molecule has 28 heavy (non-hydrogen) atoms. The first-order valence-corrected chi connectivity index (χ1v) is 9.89. The van der Waals surface area contributed by atoms with Crippen LogP contribution in [0.2, 0.25) is 0 Å². The number of hydrogen-bond donors (Lipinski definition) is 2. The van der Waals surface area contributed by atoms with Crippen LogP contribution in [0.25, 0.3) is 0 Å². The quantitative estimate of drug-likeness (QED) is 0.857. The fourth-order valence-corrected chi connectivity index (χ4v) is 4.01. The average Bonchev–Trinajstić information content (AvgIpc) is 3.20. The van der Waals surface area contributed by atoms with E-state index < -0.39 is 0 Å². The number of benzene rings is 2. The van der Waals surface area contributed by atoms with E-state index in [1.165, 1.54) is 22.8 Å². The second-order valence-electron chi connectivity index (χ2n) is 7.74. The molecule has 2 heterocycles. The highest BCUT2D eigenvalue weighted by Crippen LogP contribution is 2.26. The minimum Gasteiger partial charge on any atom is -0.366 e. The Kier molecular flexibility index (Phi) is 5.33. The van der Waals surface area contributed by atoms with Crippen molar-refractivity contribution in [3.63, 3.8) is 0 Å². The van der Waals surface area contributed by atoms with Crippen molar-refractivity contribution in [2.75, 3.05) is 31.1 Å². The van der Waals surface area contributed by atoms with Crippen molar-refractivity contribution in [2.24, 2.45) is 0 Å². The average molecular weight is 382 g/mol. The van der Waals surface area contributed by atoms with Crippen molar-refractivity contribution in [2.45, 2.75) is 32.4 Å². The van der Waals surface area contributed by atoms with Gasteiger partial charge in [-0.1, -0.05) is 30.3 Å².